The van der Waals surface area contributed by atoms with Crippen molar-refractivity contribution in [2.45, 2.75) is 136 Å². The summed E-state index contributed by atoms with van der Waals surface area (Å²) in [6, 6.07) is 2.51. The molecule has 2 aliphatic rings. The van der Waals surface area contributed by atoms with Crippen molar-refractivity contribution in [1.82, 2.24) is 44.1 Å². The van der Waals surface area contributed by atoms with Gasteiger partial charge < -0.3 is 33.7 Å². The first-order chi connectivity index (χ1) is 33.4. The van der Waals surface area contributed by atoms with E-state index in [1.54, 1.807) is 36.8 Å². The number of hydrogen-bond acceptors (Lipinski definition) is 20. The van der Waals surface area contributed by atoms with Gasteiger partial charge in [-0.2, -0.15) is 15.5 Å². The van der Waals surface area contributed by atoms with Gasteiger partial charge in [-0.15, -0.1) is 9.05 Å². The number of nitrogens with zero attached hydrogens (tertiary/aromatic N) is 8. The Morgan fingerprint density at radius 1 is 0.930 bits per heavy atom. The highest BCUT2D eigenvalue weighted by Gasteiger charge is 2.54. The summed E-state index contributed by atoms with van der Waals surface area (Å²) in [7, 11) is -4.69. The van der Waals surface area contributed by atoms with Crippen molar-refractivity contribution in [2.24, 2.45) is 23.5 Å². The fourth-order valence-electron chi connectivity index (χ4n) is 7.35. The molecule has 29 heteroatoms. The smallest absolute Gasteiger partial charge is 0.408 e. The number of Topliss-reactive ketones (excluding diaryl/α,β-unsaturated/α-hetero) is 1. The zero-order valence-corrected chi connectivity index (χ0v) is 45.7. The molecule has 10 atom stereocenters. The number of ketones is 1. The molecule has 4 aromatic rings. The lowest BCUT2D eigenvalue weighted by molar-refractivity contribution is -0.121. The molecule has 2 fully saturated rings. The van der Waals surface area contributed by atoms with Gasteiger partial charge in [-0.05, 0) is 29.9 Å². The molecule has 0 spiro atoms. The van der Waals surface area contributed by atoms with Crippen molar-refractivity contribution in [1.29, 1.82) is 10.5 Å². The summed E-state index contributed by atoms with van der Waals surface area (Å²) in [6.45, 7) is 14.9. The molecule has 386 valence electrons. The van der Waals surface area contributed by atoms with E-state index < -0.39 is 82.0 Å². The SMILES string of the molecule is CC(C)C(=O)Cc1nc2c(ncn2[C@@H]2O[C@H](COP(=S)(N[C@H]3[C@@H](O[Si](C)(C)C(C)(C)C)[C@H](n4cnc5c(=O)[nH]c(NC(=O)C(C)C)nc54)O[C@@H]3CO[P+](=S)OCCC#N)OCCC#N)[C@@H](N)[C@H]2C)c(=O)[nH]1. The Morgan fingerprint density at radius 2 is 1.54 bits per heavy atom. The quantitative estimate of drug-likeness (QED) is 0.0384. The maximum Gasteiger partial charge on any atom is 0.521 e. The Kier molecular flexibility index (Phi) is 18.5. The van der Waals surface area contributed by atoms with Crippen LogP contribution < -0.4 is 27.3 Å². The van der Waals surface area contributed by atoms with E-state index in [2.05, 4.69) is 80.2 Å². The first-order valence-electron chi connectivity index (χ1n) is 23.0. The maximum absolute atomic E-state index is 13.4. The number of nitrogens with one attached hydrogen (secondary N) is 4. The molecular weight excluding hydrogens is 1020 g/mol. The first kappa shape index (κ1) is 56.1. The van der Waals surface area contributed by atoms with Crippen molar-refractivity contribution < 1.29 is 41.6 Å². The van der Waals surface area contributed by atoms with Gasteiger partial charge in [0, 0.05) is 23.8 Å². The average Bonchev–Trinajstić information content (AvgIpc) is 4.06. The number of aromatic nitrogens is 8. The highest BCUT2D eigenvalue weighted by Crippen LogP contribution is 2.51. The van der Waals surface area contributed by atoms with E-state index in [1.165, 1.54) is 12.7 Å². The van der Waals surface area contributed by atoms with Crippen molar-refractivity contribution >= 4 is 85.7 Å². The predicted molar refractivity (Wildman–Crippen MR) is 270 cm³/mol. The number of ether oxygens (including phenoxy) is 2. The van der Waals surface area contributed by atoms with Crippen LogP contribution in [-0.2, 0) is 71.6 Å². The van der Waals surface area contributed by atoms with Crippen LogP contribution in [0.3, 0.4) is 0 Å². The molecule has 2 unspecified atom stereocenters. The number of carbonyl (C=O) groups excluding carboxylic acids is 2. The molecule has 6 rings (SSSR count). The topological polar surface area (TPSA) is 324 Å². The average molecular weight is 1080 g/mol. The third-order valence-electron chi connectivity index (χ3n) is 12.5. The van der Waals surface area contributed by atoms with E-state index in [0.717, 1.165) is 0 Å². The molecule has 0 aromatic carbocycles. The highest BCUT2D eigenvalue weighted by atomic mass is 32.5. The number of aromatic amines is 2. The van der Waals surface area contributed by atoms with Crippen LogP contribution in [0, 0.1) is 40.4 Å². The highest BCUT2D eigenvalue weighted by molar-refractivity contribution is 8.09. The summed E-state index contributed by atoms with van der Waals surface area (Å²) in [5, 5.41) is 24.4. The first-order valence-corrected chi connectivity index (χ1v) is 30.8. The number of nitriles is 2. The maximum atomic E-state index is 13.4. The minimum Gasteiger partial charge on any atom is -0.408 e. The monoisotopic (exact) mass is 1080 g/mol. The molecule has 6 N–H and O–H groups in total. The van der Waals surface area contributed by atoms with Crippen molar-refractivity contribution in [3.8, 4) is 12.1 Å². The second kappa shape index (κ2) is 23.4. The summed E-state index contributed by atoms with van der Waals surface area (Å²) >= 11 is 11.8. The van der Waals surface area contributed by atoms with Crippen LogP contribution in [0.4, 0.5) is 5.95 Å². The Labute approximate surface area is 422 Å². The fourth-order valence-corrected chi connectivity index (χ4v) is 12.0. The number of H-pyrrole nitrogens is 2. The summed E-state index contributed by atoms with van der Waals surface area (Å²) in [4.78, 5) is 75.0. The number of rotatable bonds is 23. The zero-order valence-electron chi connectivity index (χ0n) is 41.2. The van der Waals surface area contributed by atoms with E-state index in [0.29, 0.717) is 0 Å². The van der Waals surface area contributed by atoms with Crippen LogP contribution in [-0.4, -0.2) is 116 Å². The van der Waals surface area contributed by atoms with Gasteiger partial charge in [-0.1, -0.05) is 55.4 Å². The van der Waals surface area contributed by atoms with Gasteiger partial charge in [0.25, 0.3) is 17.8 Å². The van der Waals surface area contributed by atoms with Gasteiger partial charge >= 0.3 is 7.15 Å². The lowest BCUT2D eigenvalue weighted by Gasteiger charge is -2.41. The number of fused-ring (bicyclic) bond motifs is 2. The number of amides is 1. The Morgan fingerprint density at radius 3 is 2.15 bits per heavy atom. The van der Waals surface area contributed by atoms with Crippen molar-refractivity contribution in [3.05, 3.63) is 39.2 Å². The van der Waals surface area contributed by atoms with E-state index in [1.807, 2.05) is 13.0 Å². The minimum absolute atomic E-state index is 0.0342. The third-order valence-corrected chi connectivity index (χ3v) is 21.0. The van der Waals surface area contributed by atoms with Gasteiger partial charge in [0.1, 0.15) is 43.3 Å². The van der Waals surface area contributed by atoms with Gasteiger partial charge in [0.15, 0.2) is 36.9 Å². The number of hydrogen-bond donors (Lipinski definition) is 5. The molecule has 6 heterocycles. The lowest BCUT2D eigenvalue weighted by atomic mass is 10.0. The van der Waals surface area contributed by atoms with Crippen molar-refractivity contribution in [3.63, 3.8) is 0 Å². The second-order valence-electron chi connectivity index (χ2n) is 19.4. The van der Waals surface area contributed by atoms with E-state index in [4.69, 9.17) is 66.6 Å². The van der Waals surface area contributed by atoms with E-state index in [-0.39, 0.29) is 108 Å². The molecular formula is C42H62N13O11P2S2Si+. The minimum atomic E-state index is -3.74. The number of nitrogens with two attached hydrogens (primary N) is 1. The van der Waals surface area contributed by atoms with E-state index in [9.17, 15) is 24.4 Å². The Balaban J connectivity index is 1.37. The van der Waals surface area contributed by atoms with Gasteiger partial charge in [0.05, 0.1) is 69.4 Å². The fraction of sp³-hybridized carbons (Fsp3) is 0.667. The molecule has 4 aromatic heterocycles. The molecule has 0 bridgehead atoms. The van der Waals surface area contributed by atoms with Gasteiger partial charge in [-0.3, -0.25) is 38.6 Å². The molecule has 71 heavy (non-hydrogen) atoms. The Bertz CT molecular complexity index is 2860. The summed E-state index contributed by atoms with van der Waals surface area (Å²) in [6.07, 6.45) is -1.73. The van der Waals surface area contributed by atoms with Crippen LogP contribution >= 0.6 is 13.8 Å². The molecule has 24 nitrogen and oxygen atoms in total. The molecule has 2 aliphatic heterocycles. The molecule has 0 radical (unpaired) electrons. The summed E-state index contributed by atoms with van der Waals surface area (Å²) in [5.41, 5.74) is 6.04. The second-order valence-corrected chi connectivity index (χ2v) is 29.2. The largest absolute Gasteiger partial charge is 0.521 e. The van der Waals surface area contributed by atoms with E-state index >= 15 is 0 Å². The van der Waals surface area contributed by atoms with Crippen LogP contribution in [0.5, 0.6) is 0 Å². The van der Waals surface area contributed by atoms with Crippen LogP contribution in [0.1, 0.15) is 86.5 Å². The molecule has 0 aliphatic carbocycles. The van der Waals surface area contributed by atoms with Crippen LogP contribution in [0.2, 0.25) is 18.1 Å². The molecule has 0 saturated carbocycles. The predicted octanol–water partition coefficient (Wildman–Crippen LogP) is 4.61. The molecule has 2 saturated heterocycles. The zero-order chi connectivity index (χ0) is 52.2. The lowest BCUT2D eigenvalue weighted by Crippen LogP contribution is -2.52. The third kappa shape index (κ3) is 13.2. The number of imidazole rings is 2. The Hall–Kier alpha value is -4.15. The standard InChI is InChI=1S/C42H61N13O11P2S2Si/c1-22(2)25(56)17-28-48-34-31(37(58)49-28)46-20-54(34)39-24(5)29(45)26(64-39)19-63-68(70,62-16-12-14-44)53-30-27(18-61-67(69)60-15-11-13-43)65-40(33(30)66-71(9,10)42(6,7)8)55-21-47-32-35(55)50-41(52-38(32)59)51-36(57)23(3)4/h20-24,26-27,29-30,33,39-40H,11-12,15-19,45H2,1-10H3,(H3-,48,49,50,51,52,53,57,58,59,70)/p+1/t24-,26-,27-,29+,30-,33-,39-,40-,68?/m1/s1. The number of carbonyl (C=O) groups is 2. The van der Waals surface area contributed by atoms with Crippen molar-refractivity contribution in [2.75, 3.05) is 31.7 Å². The van der Waals surface area contributed by atoms with Gasteiger partial charge in [0.2, 0.25) is 23.7 Å². The normalized spacial score (nSPS) is 23.8. The van der Waals surface area contributed by atoms with Crippen LogP contribution in [0.15, 0.2) is 22.2 Å². The summed E-state index contributed by atoms with van der Waals surface area (Å²) < 4.78 is 48.4. The van der Waals surface area contributed by atoms with Crippen LogP contribution in [0.25, 0.3) is 22.3 Å². The number of anilines is 1. The summed E-state index contributed by atoms with van der Waals surface area (Å²) in [5.74, 6) is -1.45. The molecule has 1 amide bonds. The van der Waals surface area contributed by atoms with Gasteiger partial charge in [-0.25, -0.2) is 20.0 Å².